The molecular weight excluding hydrogens is 286 g/mol. The van der Waals surface area contributed by atoms with Crippen molar-refractivity contribution < 1.29 is 4.57 Å². The summed E-state index contributed by atoms with van der Waals surface area (Å²) in [5, 5.41) is 1.36. The van der Waals surface area contributed by atoms with Crippen molar-refractivity contribution in [2.24, 2.45) is 0 Å². The van der Waals surface area contributed by atoms with E-state index in [0.29, 0.717) is 10.6 Å². The molecule has 2 aromatic rings. The maximum absolute atomic E-state index is 13.3. The Balaban J connectivity index is 2.68. The summed E-state index contributed by atoms with van der Waals surface area (Å²) >= 11 is 11.8. The molecule has 0 aromatic heterocycles. The Morgan fingerprint density at radius 1 is 0.889 bits per heavy atom. The summed E-state index contributed by atoms with van der Waals surface area (Å²) in [5.41, 5.74) is 1.18. The predicted octanol–water partition coefficient (Wildman–Crippen LogP) is 4.28. The van der Waals surface area contributed by atoms with Crippen LogP contribution >= 0.6 is 30.3 Å². The lowest BCUT2D eigenvalue weighted by Gasteiger charge is -2.17. The van der Waals surface area contributed by atoms with Gasteiger partial charge in [-0.3, -0.25) is 0 Å². The van der Waals surface area contributed by atoms with Crippen LogP contribution in [0.1, 0.15) is 0 Å². The first-order valence-electron chi connectivity index (χ1n) is 5.37. The second-order valence-corrected chi connectivity index (χ2v) is 7.33. The molecule has 92 valence electrons. The molecule has 0 fully saturated rings. The monoisotopic (exact) mass is 296 g/mol. The van der Waals surface area contributed by atoms with Gasteiger partial charge < -0.3 is 4.57 Å². The summed E-state index contributed by atoms with van der Waals surface area (Å²) in [6, 6.07) is 18.3. The van der Waals surface area contributed by atoms with E-state index in [-0.39, 0.29) is 4.77 Å². The van der Waals surface area contributed by atoms with Crippen LogP contribution in [0.2, 0.25) is 0 Å². The van der Waals surface area contributed by atoms with Crippen LogP contribution in [0.15, 0.2) is 71.0 Å². The minimum Gasteiger partial charge on any atom is -0.308 e. The van der Waals surface area contributed by atoms with E-state index in [4.69, 9.17) is 23.2 Å². The van der Waals surface area contributed by atoms with Crippen molar-refractivity contribution in [3.05, 3.63) is 71.0 Å². The summed E-state index contributed by atoms with van der Waals surface area (Å²) in [5.74, 6) is 0. The van der Waals surface area contributed by atoms with Gasteiger partial charge in [-0.2, -0.15) is 0 Å². The highest BCUT2D eigenvalue weighted by molar-refractivity contribution is 7.84. The molecule has 0 N–H and O–H groups in total. The van der Waals surface area contributed by atoms with E-state index >= 15 is 0 Å². The predicted molar refractivity (Wildman–Crippen MR) is 79.5 cm³/mol. The van der Waals surface area contributed by atoms with Crippen LogP contribution in [0.5, 0.6) is 0 Å². The van der Waals surface area contributed by atoms with Crippen LogP contribution in [-0.2, 0) is 4.57 Å². The van der Waals surface area contributed by atoms with Gasteiger partial charge in [0.2, 0.25) is 0 Å². The van der Waals surface area contributed by atoms with Gasteiger partial charge >= 0.3 is 0 Å². The molecule has 0 saturated heterocycles. The first-order chi connectivity index (χ1) is 8.69. The van der Waals surface area contributed by atoms with Gasteiger partial charge in [0.05, 0.1) is 4.77 Å². The van der Waals surface area contributed by atoms with Crippen molar-refractivity contribution in [3.8, 4) is 0 Å². The van der Waals surface area contributed by atoms with E-state index < -0.39 is 7.14 Å². The van der Waals surface area contributed by atoms with Gasteiger partial charge in [0.1, 0.15) is 0 Å². The molecule has 0 aliphatic rings. The minimum atomic E-state index is -3.02. The lowest BCUT2D eigenvalue weighted by molar-refractivity contribution is 0.591. The van der Waals surface area contributed by atoms with E-state index in [9.17, 15) is 4.57 Å². The molecule has 0 amide bonds. The molecule has 2 aromatic carbocycles. The molecule has 0 aliphatic heterocycles. The normalized spacial score (nSPS) is 12.4. The average molecular weight is 297 g/mol. The summed E-state index contributed by atoms with van der Waals surface area (Å²) in [7, 11) is -3.02. The van der Waals surface area contributed by atoms with Crippen LogP contribution in [0.4, 0.5) is 0 Å². The molecule has 0 radical (unpaired) electrons. The van der Waals surface area contributed by atoms with Gasteiger partial charge in [-0.25, -0.2) is 0 Å². The van der Waals surface area contributed by atoms with Gasteiger partial charge in [-0.1, -0.05) is 83.9 Å². The lowest BCUT2D eigenvalue weighted by Crippen LogP contribution is -2.15. The van der Waals surface area contributed by atoms with Crippen molar-refractivity contribution in [2.75, 3.05) is 0 Å². The molecular formula is C14H11Cl2OP. The zero-order valence-electron chi connectivity index (χ0n) is 9.46. The number of rotatable bonds is 3. The lowest BCUT2D eigenvalue weighted by atomic mass is 10.4. The van der Waals surface area contributed by atoms with Crippen molar-refractivity contribution in [3.63, 3.8) is 0 Å². The first kappa shape index (κ1) is 13.4. The third-order valence-electron chi connectivity index (χ3n) is 2.63. The molecule has 4 heteroatoms. The largest absolute Gasteiger partial charge is 0.308 e. The molecule has 0 aliphatic carbocycles. The molecule has 0 atom stereocenters. The fourth-order valence-electron chi connectivity index (χ4n) is 1.74. The maximum atomic E-state index is 13.3. The Morgan fingerprint density at radius 3 is 1.61 bits per heavy atom. The summed E-state index contributed by atoms with van der Waals surface area (Å²) in [6.07, 6.45) is 0. The second-order valence-electron chi connectivity index (χ2n) is 3.71. The zero-order valence-corrected chi connectivity index (χ0v) is 11.9. The molecule has 2 rings (SSSR count). The molecule has 0 saturated carbocycles. The first-order valence-corrected chi connectivity index (χ1v) is 7.89. The smallest absolute Gasteiger partial charge is 0.182 e. The van der Waals surface area contributed by atoms with E-state index in [1.54, 1.807) is 24.3 Å². The van der Waals surface area contributed by atoms with E-state index in [2.05, 4.69) is 0 Å². The molecule has 18 heavy (non-hydrogen) atoms. The third kappa shape index (κ3) is 2.40. The van der Waals surface area contributed by atoms with Crippen LogP contribution in [0.3, 0.4) is 0 Å². The van der Waals surface area contributed by atoms with Crippen LogP contribution in [0.25, 0.3) is 0 Å². The summed E-state index contributed by atoms with van der Waals surface area (Å²) in [6.45, 7) is 0. The van der Waals surface area contributed by atoms with E-state index in [1.807, 2.05) is 36.4 Å². The molecule has 0 bridgehead atoms. The van der Waals surface area contributed by atoms with Crippen molar-refractivity contribution >= 4 is 41.0 Å². The third-order valence-corrected chi connectivity index (χ3v) is 6.72. The second kappa shape index (κ2) is 5.75. The van der Waals surface area contributed by atoms with Crippen molar-refractivity contribution in [1.29, 1.82) is 0 Å². The SMILES string of the molecule is O=P(/C(Cl)=C/Cl)(c1ccccc1)c1ccccc1. The average Bonchev–Trinajstić information content (AvgIpc) is 2.47. The van der Waals surface area contributed by atoms with Crippen LogP contribution < -0.4 is 10.6 Å². The highest BCUT2D eigenvalue weighted by Gasteiger charge is 2.30. The number of benzene rings is 2. The number of halogens is 2. The number of hydrogen-bond acceptors (Lipinski definition) is 1. The summed E-state index contributed by atoms with van der Waals surface area (Å²) in [4.78, 5) is 0. The van der Waals surface area contributed by atoms with Crippen LogP contribution in [-0.4, -0.2) is 0 Å². The molecule has 0 heterocycles. The zero-order chi connectivity index (χ0) is 13.0. The fourth-order valence-corrected chi connectivity index (χ4v) is 4.85. The standard InChI is InChI=1S/C14H11Cl2OP/c15-11-14(16)18(17,12-7-3-1-4-8-12)13-9-5-2-6-10-13/h1-11H/b14-11+. The fraction of sp³-hybridized carbons (Fsp3) is 0. The van der Waals surface area contributed by atoms with E-state index in [1.165, 1.54) is 5.54 Å². The Labute approximate surface area is 116 Å². The topological polar surface area (TPSA) is 17.1 Å². The highest BCUT2D eigenvalue weighted by atomic mass is 35.5. The van der Waals surface area contributed by atoms with Crippen LogP contribution in [0, 0.1) is 0 Å². The summed E-state index contributed by atoms with van der Waals surface area (Å²) < 4.78 is 13.4. The van der Waals surface area contributed by atoms with Gasteiger partial charge in [0.15, 0.2) is 7.14 Å². The van der Waals surface area contributed by atoms with Crippen molar-refractivity contribution in [1.82, 2.24) is 0 Å². The Morgan fingerprint density at radius 2 is 1.28 bits per heavy atom. The van der Waals surface area contributed by atoms with Gasteiger partial charge in [-0.05, 0) is 0 Å². The molecule has 1 nitrogen and oxygen atoms in total. The highest BCUT2D eigenvalue weighted by Crippen LogP contribution is 2.53. The van der Waals surface area contributed by atoms with Gasteiger partial charge in [0, 0.05) is 16.1 Å². The maximum Gasteiger partial charge on any atom is 0.182 e. The minimum absolute atomic E-state index is 0.168. The Kier molecular flexibility index (Phi) is 4.29. The van der Waals surface area contributed by atoms with Gasteiger partial charge in [0.25, 0.3) is 0 Å². The van der Waals surface area contributed by atoms with Gasteiger partial charge in [-0.15, -0.1) is 0 Å². The Bertz CT molecular complexity index is 550. The van der Waals surface area contributed by atoms with Crippen molar-refractivity contribution in [2.45, 2.75) is 0 Å². The number of hydrogen-bond donors (Lipinski definition) is 0. The Hall–Kier alpha value is -1.01. The quantitative estimate of drug-likeness (QED) is 0.773. The van der Waals surface area contributed by atoms with E-state index in [0.717, 1.165) is 0 Å². The molecule has 0 unspecified atom stereocenters. The molecule has 0 spiro atoms.